The van der Waals surface area contributed by atoms with Crippen LogP contribution in [-0.4, -0.2) is 32.7 Å². The van der Waals surface area contributed by atoms with Gasteiger partial charge in [0.05, 0.1) is 10.5 Å². The molecule has 0 aromatic heterocycles. The maximum absolute atomic E-state index is 12.4. The first kappa shape index (κ1) is 19.6. The predicted octanol–water partition coefficient (Wildman–Crippen LogP) is 3.43. The van der Waals surface area contributed by atoms with Crippen molar-refractivity contribution >= 4 is 38.2 Å². The van der Waals surface area contributed by atoms with E-state index in [2.05, 4.69) is 5.32 Å². The number of amides is 1. The Morgan fingerprint density at radius 1 is 0.929 bits per heavy atom. The fourth-order valence-corrected chi connectivity index (χ4v) is 3.62. The summed E-state index contributed by atoms with van der Waals surface area (Å²) >= 11 is 0. The van der Waals surface area contributed by atoms with Gasteiger partial charge in [0.2, 0.25) is 0 Å². The fraction of sp³-hybridized carbons (Fsp3) is 0.143. The van der Waals surface area contributed by atoms with E-state index < -0.39 is 27.8 Å². The van der Waals surface area contributed by atoms with E-state index in [1.54, 1.807) is 6.07 Å². The second-order valence-electron chi connectivity index (χ2n) is 6.37. The van der Waals surface area contributed by atoms with Crippen LogP contribution >= 0.6 is 0 Å². The highest BCUT2D eigenvalue weighted by molar-refractivity contribution is 7.90. The Labute approximate surface area is 163 Å². The molecule has 0 radical (unpaired) electrons. The van der Waals surface area contributed by atoms with Gasteiger partial charge in [-0.1, -0.05) is 42.5 Å². The summed E-state index contributed by atoms with van der Waals surface area (Å²) in [7, 11) is -3.61. The SMILES string of the molecule is C[C@@H](OC(=O)c1ccccc1S(C)(=O)=O)C(=O)Nc1ccc2ccccc2c1. The van der Waals surface area contributed by atoms with Crippen molar-refractivity contribution in [3.8, 4) is 0 Å². The lowest BCUT2D eigenvalue weighted by molar-refractivity contribution is -0.123. The van der Waals surface area contributed by atoms with Crippen LogP contribution in [-0.2, 0) is 19.4 Å². The molecule has 7 heteroatoms. The minimum absolute atomic E-state index is 0.102. The van der Waals surface area contributed by atoms with Gasteiger partial charge in [-0.3, -0.25) is 4.79 Å². The molecule has 0 saturated carbocycles. The molecule has 28 heavy (non-hydrogen) atoms. The minimum atomic E-state index is -3.61. The third-order valence-electron chi connectivity index (χ3n) is 4.18. The molecular weight excluding hydrogens is 378 g/mol. The number of nitrogens with one attached hydrogen (secondary N) is 1. The van der Waals surface area contributed by atoms with E-state index in [4.69, 9.17) is 4.74 Å². The lowest BCUT2D eigenvalue weighted by Gasteiger charge is -2.15. The summed E-state index contributed by atoms with van der Waals surface area (Å²) in [6.07, 6.45) is -0.0961. The third-order valence-corrected chi connectivity index (χ3v) is 5.33. The van der Waals surface area contributed by atoms with Crippen LogP contribution in [0, 0.1) is 0 Å². The third kappa shape index (κ3) is 4.37. The molecule has 1 N–H and O–H groups in total. The van der Waals surface area contributed by atoms with Gasteiger partial charge in [-0.05, 0) is 42.0 Å². The average molecular weight is 397 g/mol. The fourth-order valence-electron chi connectivity index (χ4n) is 2.75. The van der Waals surface area contributed by atoms with Crippen molar-refractivity contribution in [1.82, 2.24) is 0 Å². The summed E-state index contributed by atoms with van der Waals surface area (Å²) in [6, 6.07) is 18.9. The van der Waals surface area contributed by atoms with Crippen LogP contribution in [0.2, 0.25) is 0 Å². The summed E-state index contributed by atoms with van der Waals surface area (Å²) in [5, 5.41) is 4.71. The topological polar surface area (TPSA) is 89.5 Å². The second-order valence-corrected chi connectivity index (χ2v) is 8.35. The first-order chi connectivity index (χ1) is 13.3. The highest BCUT2D eigenvalue weighted by Gasteiger charge is 2.23. The lowest BCUT2D eigenvalue weighted by atomic mass is 10.1. The van der Waals surface area contributed by atoms with E-state index in [1.165, 1.54) is 31.2 Å². The Kier molecular flexibility index (Phi) is 5.46. The second kappa shape index (κ2) is 7.82. The number of sulfone groups is 1. The number of esters is 1. The Balaban J connectivity index is 1.73. The molecule has 3 aromatic rings. The highest BCUT2D eigenvalue weighted by atomic mass is 32.2. The van der Waals surface area contributed by atoms with Gasteiger partial charge in [0.1, 0.15) is 0 Å². The zero-order valence-corrected chi connectivity index (χ0v) is 16.2. The van der Waals surface area contributed by atoms with Crippen molar-refractivity contribution in [3.05, 3.63) is 72.3 Å². The standard InChI is InChI=1S/C21H19NO5S/c1-14(27-21(24)18-9-5-6-10-19(18)28(2,25)26)20(23)22-17-12-11-15-7-3-4-8-16(15)13-17/h3-14H,1-2H3,(H,22,23)/t14-/m1/s1. The molecule has 0 fully saturated rings. The summed E-state index contributed by atoms with van der Waals surface area (Å²) in [4.78, 5) is 24.6. The Morgan fingerprint density at radius 2 is 1.57 bits per heavy atom. The molecule has 0 heterocycles. The normalized spacial score (nSPS) is 12.4. The molecule has 144 valence electrons. The zero-order valence-electron chi connectivity index (χ0n) is 15.4. The van der Waals surface area contributed by atoms with Gasteiger partial charge >= 0.3 is 5.97 Å². The van der Waals surface area contributed by atoms with Gasteiger partial charge in [0.15, 0.2) is 15.9 Å². The van der Waals surface area contributed by atoms with Crippen molar-refractivity contribution in [1.29, 1.82) is 0 Å². The van der Waals surface area contributed by atoms with E-state index in [0.717, 1.165) is 17.0 Å². The van der Waals surface area contributed by atoms with Crippen LogP contribution in [0.1, 0.15) is 17.3 Å². The molecule has 0 spiro atoms. The van der Waals surface area contributed by atoms with Crippen molar-refractivity contribution in [2.75, 3.05) is 11.6 Å². The van der Waals surface area contributed by atoms with Gasteiger partial charge in [0.25, 0.3) is 5.91 Å². The van der Waals surface area contributed by atoms with E-state index in [1.807, 2.05) is 36.4 Å². The molecule has 3 aromatic carbocycles. The molecule has 3 rings (SSSR count). The molecule has 6 nitrogen and oxygen atoms in total. The maximum Gasteiger partial charge on any atom is 0.340 e. The summed E-state index contributed by atoms with van der Waals surface area (Å²) < 4.78 is 28.9. The summed E-state index contributed by atoms with van der Waals surface area (Å²) in [5.41, 5.74) is 0.471. The Bertz CT molecular complexity index is 1150. The highest BCUT2D eigenvalue weighted by Crippen LogP contribution is 2.20. The zero-order chi connectivity index (χ0) is 20.3. The first-order valence-corrected chi connectivity index (χ1v) is 10.4. The van der Waals surface area contributed by atoms with E-state index >= 15 is 0 Å². The molecule has 0 unspecified atom stereocenters. The Hall–Kier alpha value is -3.19. The molecule has 1 amide bonds. The largest absolute Gasteiger partial charge is 0.449 e. The maximum atomic E-state index is 12.4. The quantitative estimate of drug-likeness (QED) is 0.666. The monoisotopic (exact) mass is 397 g/mol. The van der Waals surface area contributed by atoms with Crippen LogP contribution in [0.5, 0.6) is 0 Å². The van der Waals surface area contributed by atoms with Gasteiger partial charge in [-0.2, -0.15) is 0 Å². The van der Waals surface area contributed by atoms with Crippen LogP contribution in [0.4, 0.5) is 5.69 Å². The summed E-state index contributed by atoms with van der Waals surface area (Å²) in [6.45, 7) is 1.43. The molecular formula is C21H19NO5S. The van der Waals surface area contributed by atoms with Gasteiger partial charge in [-0.25, -0.2) is 13.2 Å². The first-order valence-electron chi connectivity index (χ1n) is 8.55. The lowest BCUT2D eigenvalue weighted by Crippen LogP contribution is -2.30. The smallest absolute Gasteiger partial charge is 0.340 e. The van der Waals surface area contributed by atoms with Crippen molar-refractivity contribution in [2.45, 2.75) is 17.9 Å². The number of hydrogen-bond donors (Lipinski definition) is 1. The molecule has 1 atom stereocenters. The number of carbonyl (C=O) groups excluding carboxylic acids is 2. The molecule has 0 bridgehead atoms. The van der Waals surface area contributed by atoms with Gasteiger partial charge < -0.3 is 10.1 Å². The molecule has 0 aliphatic heterocycles. The van der Waals surface area contributed by atoms with E-state index in [-0.39, 0.29) is 10.5 Å². The molecule has 0 saturated heterocycles. The number of ether oxygens (including phenoxy) is 1. The molecule has 0 aliphatic carbocycles. The van der Waals surface area contributed by atoms with Crippen LogP contribution in [0.3, 0.4) is 0 Å². The van der Waals surface area contributed by atoms with Crippen molar-refractivity contribution < 1.29 is 22.7 Å². The predicted molar refractivity (Wildman–Crippen MR) is 107 cm³/mol. The summed E-state index contributed by atoms with van der Waals surface area (Å²) in [5.74, 6) is -1.39. The Morgan fingerprint density at radius 3 is 2.29 bits per heavy atom. The van der Waals surface area contributed by atoms with Crippen LogP contribution in [0.15, 0.2) is 71.6 Å². The van der Waals surface area contributed by atoms with Crippen molar-refractivity contribution in [2.24, 2.45) is 0 Å². The molecule has 0 aliphatic rings. The van der Waals surface area contributed by atoms with Crippen LogP contribution in [0.25, 0.3) is 10.8 Å². The number of rotatable bonds is 5. The van der Waals surface area contributed by atoms with Gasteiger partial charge in [0, 0.05) is 11.9 Å². The van der Waals surface area contributed by atoms with Gasteiger partial charge in [-0.15, -0.1) is 0 Å². The average Bonchev–Trinajstić information content (AvgIpc) is 2.67. The van der Waals surface area contributed by atoms with Crippen LogP contribution < -0.4 is 5.32 Å². The number of hydrogen-bond acceptors (Lipinski definition) is 5. The number of benzene rings is 3. The number of anilines is 1. The minimum Gasteiger partial charge on any atom is -0.449 e. The van der Waals surface area contributed by atoms with Crippen molar-refractivity contribution in [3.63, 3.8) is 0 Å². The van der Waals surface area contributed by atoms with E-state index in [9.17, 15) is 18.0 Å². The number of fused-ring (bicyclic) bond motifs is 1. The van der Waals surface area contributed by atoms with E-state index in [0.29, 0.717) is 5.69 Å². The number of carbonyl (C=O) groups is 2.